The van der Waals surface area contributed by atoms with Crippen molar-refractivity contribution in [1.82, 2.24) is 0 Å². The van der Waals surface area contributed by atoms with Gasteiger partial charge < -0.3 is 0 Å². The van der Waals surface area contributed by atoms with E-state index in [0.29, 0.717) is 0 Å². The summed E-state index contributed by atoms with van der Waals surface area (Å²) in [7, 11) is -8.05. The Hall–Kier alpha value is -0.0431. The van der Waals surface area contributed by atoms with E-state index < -0.39 is 22.0 Å². The van der Waals surface area contributed by atoms with Crippen LogP contribution in [-0.2, 0) is 9.29 Å². The molecule has 0 atom stereocenters. The second-order valence-electron chi connectivity index (χ2n) is 3.06. The van der Waals surface area contributed by atoms with Crippen LogP contribution in [0.15, 0.2) is 0 Å². The van der Waals surface area contributed by atoms with Crippen molar-refractivity contribution >= 4 is 16.5 Å². The number of hydrogen-bond acceptors (Lipinski definition) is 2. The van der Waals surface area contributed by atoms with Crippen molar-refractivity contribution in [2.24, 2.45) is 0 Å². The molecule has 0 fully saturated rings. The van der Waals surface area contributed by atoms with E-state index in [4.69, 9.17) is 0 Å². The van der Waals surface area contributed by atoms with Gasteiger partial charge in [-0.3, -0.25) is 0 Å². The summed E-state index contributed by atoms with van der Waals surface area (Å²) in [5.41, 5.74) is -5.09. The second-order valence-corrected chi connectivity index (χ2v) is 14.0. The van der Waals surface area contributed by atoms with Crippen molar-refractivity contribution in [3.8, 4) is 0 Å². The van der Waals surface area contributed by atoms with Gasteiger partial charge in [0.1, 0.15) is 0 Å². The Bertz CT molecular complexity index is 215. The highest BCUT2D eigenvalue weighted by atomic mass is 32.4. The third kappa shape index (κ3) is 1.96. The first-order valence-electron chi connectivity index (χ1n) is 2.81. The minimum atomic E-state index is -5.09. The highest BCUT2D eigenvalue weighted by Gasteiger charge is 2.53. The minimum absolute atomic E-state index is 1.15. The van der Waals surface area contributed by atoms with Crippen molar-refractivity contribution < 1.29 is 21.6 Å². The molecule has 0 radical (unpaired) electrons. The zero-order chi connectivity index (χ0) is 9.50. The van der Waals surface area contributed by atoms with Gasteiger partial charge in [-0.1, -0.05) is 19.6 Å². The van der Waals surface area contributed by atoms with E-state index in [-0.39, 0.29) is 0 Å². The quantitative estimate of drug-likeness (QED) is 0.612. The highest BCUT2D eigenvalue weighted by molar-refractivity contribution is 8.22. The maximum absolute atomic E-state index is 11.8. The molecular formula is C4H9F3O2SSi. The van der Waals surface area contributed by atoms with Gasteiger partial charge in [0.25, 0.3) is 0 Å². The molecule has 0 aliphatic heterocycles. The van der Waals surface area contributed by atoms with Gasteiger partial charge in [0.2, 0.25) is 9.29 Å². The molecule has 0 saturated carbocycles. The summed E-state index contributed by atoms with van der Waals surface area (Å²) in [6.07, 6.45) is 0. The zero-order valence-corrected chi connectivity index (χ0v) is 8.18. The largest absolute Gasteiger partial charge is 0.490 e. The molecule has 0 saturated heterocycles. The first kappa shape index (κ1) is 11.0. The zero-order valence-electron chi connectivity index (χ0n) is 6.36. The molecule has 7 heteroatoms. The molecule has 0 aromatic heterocycles. The molecule has 0 aromatic carbocycles. The maximum Gasteiger partial charge on any atom is 0.490 e. The lowest BCUT2D eigenvalue weighted by Crippen LogP contribution is -2.43. The SMILES string of the molecule is C[Si](C)(C)S(=O)(=O)C(F)(F)F. The highest BCUT2D eigenvalue weighted by Crippen LogP contribution is 2.30. The Morgan fingerprint density at radius 3 is 1.36 bits per heavy atom. The van der Waals surface area contributed by atoms with Crippen molar-refractivity contribution in [3.05, 3.63) is 0 Å². The number of rotatable bonds is 1. The summed E-state index contributed by atoms with van der Waals surface area (Å²) in [6, 6.07) is 0. The molecule has 11 heavy (non-hydrogen) atoms. The third-order valence-corrected chi connectivity index (χ3v) is 8.86. The van der Waals surface area contributed by atoms with Crippen molar-refractivity contribution in [2.75, 3.05) is 0 Å². The van der Waals surface area contributed by atoms with Crippen molar-refractivity contribution in [1.29, 1.82) is 0 Å². The lowest BCUT2D eigenvalue weighted by molar-refractivity contribution is -0.0416. The fourth-order valence-electron chi connectivity index (χ4n) is 0.347. The topological polar surface area (TPSA) is 34.1 Å². The van der Waals surface area contributed by atoms with Gasteiger partial charge in [0, 0.05) is 0 Å². The van der Waals surface area contributed by atoms with E-state index >= 15 is 0 Å². The van der Waals surface area contributed by atoms with E-state index in [1.54, 1.807) is 0 Å². The number of halogens is 3. The molecule has 2 nitrogen and oxygen atoms in total. The van der Waals surface area contributed by atoms with Crippen LogP contribution in [0, 0.1) is 0 Å². The van der Waals surface area contributed by atoms with Crippen LogP contribution in [0.4, 0.5) is 13.2 Å². The molecule has 0 rings (SSSR count). The van der Waals surface area contributed by atoms with Gasteiger partial charge in [-0.25, -0.2) is 8.42 Å². The summed E-state index contributed by atoms with van der Waals surface area (Å²) < 4.78 is 56.5. The molecule has 0 aromatic rings. The summed E-state index contributed by atoms with van der Waals surface area (Å²) in [6.45, 7) is 3.45. The Kier molecular flexibility index (Phi) is 2.47. The van der Waals surface area contributed by atoms with E-state index in [1.165, 1.54) is 0 Å². The van der Waals surface area contributed by atoms with Crippen LogP contribution in [0.3, 0.4) is 0 Å². The molecule has 0 aliphatic carbocycles. The predicted octanol–water partition coefficient (Wildman–Crippen LogP) is 1.76. The van der Waals surface area contributed by atoms with Crippen LogP contribution in [0.5, 0.6) is 0 Å². The standard InChI is InChI=1S/C4H9F3O2SSi/c1-11(2,3)10(8,9)4(5,6)7/h1-3H3. The molecule has 68 valence electrons. The van der Waals surface area contributed by atoms with Gasteiger partial charge in [-0.2, -0.15) is 13.2 Å². The van der Waals surface area contributed by atoms with Gasteiger partial charge in [-0.15, -0.1) is 0 Å². The van der Waals surface area contributed by atoms with E-state index in [9.17, 15) is 21.6 Å². The fraction of sp³-hybridized carbons (Fsp3) is 1.00. The fourth-order valence-corrected chi connectivity index (χ4v) is 3.12. The van der Waals surface area contributed by atoms with Crippen LogP contribution in [0.1, 0.15) is 0 Å². The number of alkyl halides is 3. The molecule has 0 spiro atoms. The molecule has 0 unspecified atom stereocenters. The van der Waals surface area contributed by atoms with E-state index in [2.05, 4.69) is 0 Å². The smallest absolute Gasteiger partial charge is 0.227 e. The van der Waals surface area contributed by atoms with Crippen LogP contribution in [-0.4, -0.2) is 21.1 Å². The van der Waals surface area contributed by atoms with Crippen molar-refractivity contribution in [3.63, 3.8) is 0 Å². The molecule has 0 aliphatic rings. The van der Waals surface area contributed by atoms with Crippen molar-refractivity contribution in [2.45, 2.75) is 25.1 Å². The Balaban J connectivity index is 5.11. The van der Waals surface area contributed by atoms with Gasteiger partial charge in [-0.05, 0) is 0 Å². The van der Waals surface area contributed by atoms with E-state index in [1.807, 2.05) is 0 Å². The van der Waals surface area contributed by atoms with Gasteiger partial charge in [0.15, 0.2) is 7.22 Å². The summed E-state index contributed by atoms with van der Waals surface area (Å²) >= 11 is 0. The summed E-state index contributed by atoms with van der Waals surface area (Å²) in [5.74, 6) is 0. The lowest BCUT2D eigenvalue weighted by Gasteiger charge is -2.18. The number of hydrogen-bond donors (Lipinski definition) is 0. The normalized spacial score (nSPS) is 15.1. The first-order valence-corrected chi connectivity index (χ1v) is 8.52. The Labute approximate surface area is 64.0 Å². The summed E-state index contributed by atoms with van der Waals surface area (Å²) in [5, 5.41) is 0. The molecule has 0 heterocycles. The van der Waals surface area contributed by atoms with Crippen LogP contribution in [0.25, 0.3) is 0 Å². The minimum Gasteiger partial charge on any atom is -0.227 e. The second kappa shape index (κ2) is 2.48. The molecular weight excluding hydrogens is 197 g/mol. The third-order valence-electron chi connectivity index (χ3n) is 1.11. The average Bonchev–Trinajstić information content (AvgIpc) is 1.58. The molecule has 0 amide bonds. The lowest BCUT2D eigenvalue weighted by atomic mass is 11.6. The monoisotopic (exact) mass is 206 g/mol. The van der Waals surface area contributed by atoms with Crippen LogP contribution in [0.2, 0.25) is 19.6 Å². The average molecular weight is 206 g/mol. The molecule has 0 N–H and O–H groups in total. The van der Waals surface area contributed by atoms with Crippen LogP contribution < -0.4 is 0 Å². The predicted molar refractivity (Wildman–Crippen MR) is 38.3 cm³/mol. The molecule has 0 bridgehead atoms. The van der Waals surface area contributed by atoms with Gasteiger partial charge in [0.05, 0.1) is 0 Å². The Morgan fingerprint density at radius 1 is 1.09 bits per heavy atom. The van der Waals surface area contributed by atoms with Crippen LogP contribution >= 0.6 is 0 Å². The maximum atomic E-state index is 11.8. The van der Waals surface area contributed by atoms with Gasteiger partial charge >= 0.3 is 5.51 Å². The van der Waals surface area contributed by atoms with E-state index in [0.717, 1.165) is 19.6 Å². The first-order chi connectivity index (χ1) is 4.50. The Morgan fingerprint density at radius 2 is 1.36 bits per heavy atom. The summed E-state index contributed by atoms with van der Waals surface area (Å²) in [4.78, 5) is 0.